The van der Waals surface area contributed by atoms with Gasteiger partial charge in [-0.25, -0.2) is 0 Å². The molecule has 2 rings (SSSR count). The molecule has 0 fully saturated rings. The predicted octanol–water partition coefficient (Wildman–Crippen LogP) is 1.06. The summed E-state index contributed by atoms with van der Waals surface area (Å²) in [5.41, 5.74) is 7.81. The van der Waals surface area contributed by atoms with Crippen LogP contribution in [0.2, 0.25) is 0 Å². The van der Waals surface area contributed by atoms with Crippen LogP contribution in [-0.2, 0) is 0 Å². The van der Waals surface area contributed by atoms with Crippen LogP contribution in [0.1, 0.15) is 21.6 Å². The van der Waals surface area contributed by atoms with E-state index < -0.39 is 0 Å². The smallest absolute Gasteiger partial charge is 0.259 e. The standard InChI is InChI=1S/C12H13N5O2/c1-7-10(6-14-16-7)12(18)15-9-4-2-8(3-5-9)11(13)17-19/h2-6,19H,1H3,(H2,13,17)(H,14,16)(H,15,18). The zero-order valence-electron chi connectivity index (χ0n) is 10.2. The number of oxime groups is 1. The van der Waals surface area contributed by atoms with Crippen LogP contribution in [-0.4, -0.2) is 27.1 Å². The first-order chi connectivity index (χ1) is 9.11. The van der Waals surface area contributed by atoms with Crippen molar-refractivity contribution >= 4 is 17.4 Å². The van der Waals surface area contributed by atoms with Gasteiger partial charge in [-0.3, -0.25) is 9.89 Å². The van der Waals surface area contributed by atoms with Crippen LogP contribution in [0.5, 0.6) is 0 Å². The maximum atomic E-state index is 11.9. The summed E-state index contributed by atoms with van der Waals surface area (Å²) >= 11 is 0. The van der Waals surface area contributed by atoms with E-state index in [1.54, 1.807) is 31.2 Å². The molecule has 0 spiro atoms. The molecule has 0 atom stereocenters. The molecule has 0 bridgehead atoms. The first-order valence-corrected chi connectivity index (χ1v) is 5.51. The molecule has 1 aromatic carbocycles. The normalized spacial score (nSPS) is 11.3. The molecule has 98 valence electrons. The summed E-state index contributed by atoms with van der Waals surface area (Å²) in [4.78, 5) is 11.9. The molecule has 1 heterocycles. The zero-order chi connectivity index (χ0) is 13.8. The van der Waals surface area contributed by atoms with Gasteiger partial charge in [0.15, 0.2) is 5.84 Å². The van der Waals surface area contributed by atoms with Crippen LogP contribution in [0, 0.1) is 6.92 Å². The Labute approximate surface area is 109 Å². The fraction of sp³-hybridized carbons (Fsp3) is 0.0833. The molecule has 0 aliphatic carbocycles. The monoisotopic (exact) mass is 259 g/mol. The number of H-pyrrole nitrogens is 1. The summed E-state index contributed by atoms with van der Waals surface area (Å²) in [7, 11) is 0. The molecule has 0 unspecified atom stereocenters. The minimum Gasteiger partial charge on any atom is -0.409 e. The number of anilines is 1. The molecule has 19 heavy (non-hydrogen) atoms. The predicted molar refractivity (Wildman–Crippen MR) is 70.2 cm³/mol. The van der Waals surface area contributed by atoms with Crippen molar-refractivity contribution in [1.29, 1.82) is 0 Å². The molecule has 5 N–H and O–H groups in total. The third-order valence-electron chi connectivity index (χ3n) is 2.62. The van der Waals surface area contributed by atoms with E-state index in [9.17, 15) is 4.79 Å². The summed E-state index contributed by atoms with van der Waals surface area (Å²) in [5, 5.41) is 20.6. The topological polar surface area (TPSA) is 116 Å². The molecule has 0 aliphatic rings. The third-order valence-corrected chi connectivity index (χ3v) is 2.62. The Hall–Kier alpha value is -2.83. The molecule has 0 radical (unpaired) electrons. The van der Waals surface area contributed by atoms with Crippen molar-refractivity contribution in [1.82, 2.24) is 10.2 Å². The van der Waals surface area contributed by atoms with Gasteiger partial charge in [-0.1, -0.05) is 5.16 Å². The number of nitrogens with two attached hydrogens (primary N) is 1. The Morgan fingerprint density at radius 3 is 2.63 bits per heavy atom. The van der Waals surface area contributed by atoms with Crippen LogP contribution >= 0.6 is 0 Å². The van der Waals surface area contributed by atoms with Gasteiger partial charge in [0.1, 0.15) is 0 Å². The quantitative estimate of drug-likeness (QED) is 0.285. The lowest BCUT2D eigenvalue weighted by Crippen LogP contribution is -2.14. The van der Waals surface area contributed by atoms with Gasteiger partial charge in [-0.15, -0.1) is 0 Å². The van der Waals surface area contributed by atoms with Crippen LogP contribution in [0.15, 0.2) is 35.6 Å². The number of aryl methyl sites for hydroxylation is 1. The summed E-state index contributed by atoms with van der Waals surface area (Å²) in [6.45, 7) is 1.77. The summed E-state index contributed by atoms with van der Waals surface area (Å²) in [6.07, 6.45) is 1.47. The molecular formula is C12H13N5O2. The van der Waals surface area contributed by atoms with Crippen LogP contribution in [0.4, 0.5) is 5.69 Å². The number of rotatable bonds is 3. The van der Waals surface area contributed by atoms with E-state index in [0.717, 1.165) is 0 Å². The highest BCUT2D eigenvalue weighted by molar-refractivity contribution is 6.05. The van der Waals surface area contributed by atoms with Gasteiger partial charge >= 0.3 is 0 Å². The molecule has 0 aliphatic heterocycles. The van der Waals surface area contributed by atoms with Crippen LogP contribution in [0.3, 0.4) is 0 Å². The largest absolute Gasteiger partial charge is 0.409 e. The van der Waals surface area contributed by atoms with Gasteiger partial charge in [-0.05, 0) is 31.2 Å². The van der Waals surface area contributed by atoms with Crippen molar-refractivity contribution in [2.24, 2.45) is 10.9 Å². The Balaban J connectivity index is 2.12. The van der Waals surface area contributed by atoms with Crippen molar-refractivity contribution < 1.29 is 10.0 Å². The number of hydrogen-bond donors (Lipinski definition) is 4. The van der Waals surface area contributed by atoms with E-state index in [1.165, 1.54) is 6.20 Å². The number of aromatic nitrogens is 2. The molecule has 0 saturated carbocycles. The average Bonchev–Trinajstić information content (AvgIpc) is 2.85. The van der Waals surface area contributed by atoms with Gasteiger partial charge < -0.3 is 16.3 Å². The second-order valence-electron chi connectivity index (χ2n) is 3.93. The minimum absolute atomic E-state index is 0.0172. The van der Waals surface area contributed by atoms with Gasteiger partial charge in [-0.2, -0.15) is 5.10 Å². The molecule has 2 aromatic rings. The maximum absolute atomic E-state index is 11.9. The van der Waals surface area contributed by atoms with E-state index in [1.807, 2.05) is 0 Å². The number of carbonyl (C=O) groups excluding carboxylic acids is 1. The number of amides is 1. The highest BCUT2D eigenvalue weighted by Gasteiger charge is 2.10. The summed E-state index contributed by atoms with van der Waals surface area (Å²) in [5.74, 6) is -0.230. The number of nitrogens with one attached hydrogen (secondary N) is 2. The van der Waals surface area contributed by atoms with E-state index >= 15 is 0 Å². The maximum Gasteiger partial charge on any atom is 0.259 e. The molecule has 1 aromatic heterocycles. The van der Waals surface area contributed by atoms with E-state index in [2.05, 4.69) is 20.7 Å². The number of carbonyl (C=O) groups is 1. The number of hydrogen-bond acceptors (Lipinski definition) is 4. The highest BCUT2D eigenvalue weighted by atomic mass is 16.4. The van der Waals surface area contributed by atoms with Crippen molar-refractivity contribution in [3.63, 3.8) is 0 Å². The van der Waals surface area contributed by atoms with Crippen LogP contribution < -0.4 is 11.1 Å². The third kappa shape index (κ3) is 2.71. The lowest BCUT2D eigenvalue weighted by atomic mass is 10.2. The molecule has 1 amide bonds. The van der Waals surface area contributed by atoms with Crippen molar-refractivity contribution in [3.05, 3.63) is 47.3 Å². The van der Waals surface area contributed by atoms with Crippen molar-refractivity contribution in [2.75, 3.05) is 5.32 Å². The fourth-order valence-electron chi connectivity index (χ4n) is 1.56. The molecule has 0 saturated heterocycles. The van der Waals surface area contributed by atoms with Gasteiger partial charge in [0.2, 0.25) is 0 Å². The Morgan fingerprint density at radius 2 is 2.11 bits per heavy atom. The molecule has 7 heteroatoms. The SMILES string of the molecule is Cc1[nH]ncc1C(=O)Nc1ccc(C(N)=NO)cc1. The molecular weight excluding hydrogens is 246 g/mol. The first-order valence-electron chi connectivity index (χ1n) is 5.51. The Kier molecular flexibility index (Phi) is 3.46. The lowest BCUT2D eigenvalue weighted by Gasteiger charge is -2.05. The lowest BCUT2D eigenvalue weighted by molar-refractivity contribution is 0.102. The highest BCUT2D eigenvalue weighted by Crippen LogP contribution is 2.12. The second kappa shape index (κ2) is 5.21. The Morgan fingerprint density at radius 1 is 1.42 bits per heavy atom. The zero-order valence-corrected chi connectivity index (χ0v) is 10.2. The summed E-state index contributed by atoms with van der Waals surface area (Å²) in [6, 6.07) is 6.63. The van der Waals surface area contributed by atoms with Crippen LogP contribution in [0.25, 0.3) is 0 Å². The van der Waals surface area contributed by atoms with Crippen molar-refractivity contribution in [2.45, 2.75) is 6.92 Å². The number of amidine groups is 1. The second-order valence-corrected chi connectivity index (χ2v) is 3.93. The summed E-state index contributed by atoms with van der Waals surface area (Å²) < 4.78 is 0. The van der Waals surface area contributed by atoms with Gasteiger partial charge in [0.05, 0.1) is 11.8 Å². The average molecular weight is 259 g/mol. The van der Waals surface area contributed by atoms with E-state index in [0.29, 0.717) is 22.5 Å². The Bertz CT molecular complexity index is 615. The first kappa shape index (κ1) is 12.6. The van der Waals surface area contributed by atoms with E-state index in [4.69, 9.17) is 10.9 Å². The number of benzene rings is 1. The van der Waals surface area contributed by atoms with E-state index in [-0.39, 0.29) is 11.7 Å². The number of aromatic amines is 1. The molecule has 7 nitrogen and oxygen atoms in total. The van der Waals surface area contributed by atoms with Gasteiger partial charge in [0, 0.05) is 16.9 Å². The minimum atomic E-state index is -0.247. The van der Waals surface area contributed by atoms with Crippen molar-refractivity contribution in [3.8, 4) is 0 Å². The van der Waals surface area contributed by atoms with Gasteiger partial charge in [0.25, 0.3) is 5.91 Å². The fourth-order valence-corrected chi connectivity index (χ4v) is 1.56. The number of nitrogens with zero attached hydrogens (tertiary/aromatic N) is 2.